The Morgan fingerprint density at radius 2 is 1.81 bits per heavy atom. The first-order chi connectivity index (χ1) is 15.4. The minimum Gasteiger partial charge on any atom is -0.461 e. The number of furan rings is 1. The van der Waals surface area contributed by atoms with Crippen LogP contribution in [-0.2, 0) is 10.0 Å². The quantitative estimate of drug-likeness (QED) is 0.423. The average Bonchev–Trinajstić information content (AvgIpc) is 3.34. The van der Waals surface area contributed by atoms with Crippen LogP contribution in [0.4, 0.5) is 5.69 Å². The Kier molecular flexibility index (Phi) is 6.63. The molecule has 0 bridgehead atoms. The Hall–Kier alpha value is -2.69. The summed E-state index contributed by atoms with van der Waals surface area (Å²) in [6.45, 7) is 2.84. The first-order valence-electron chi connectivity index (χ1n) is 10.3. The summed E-state index contributed by atoms with van der Waals surface area (Å²) in [5, 5.41) is 3.36. The van der Waals surface area contributed by atoms with Gasteiger partial charge in [0.05, 0.1) is 22.4 Å². The van der Waals surface area contributed by atoms with E-state index in [1.54, 1.807) is 37.5 Å². The zero-order valence-corrected chi connectivity index (χ0v) is 19.5. The number of carbonyl (C=O) groups excluding carboxylic acids is 1. The maximum absolute atomic E-state index is 13.0. The minimum absolute atomic E-state index is 0.226. The molecular weight excluding hydrogens is 448 g/mol. The molecule has 3 aromatic rings. The molecule has 0 aliphatic carbocycles. The number of rotatable bonds is 6. The van der Waals surface area contributed by atoms with Crippen LogP contribution in [0, 0.1) is 6.92 Å². The molecule has 0 saturated carbocycles. The van der Waals surface area contributed by atoms with Crippen LogP contribution in [0.3, 0.4) is 0 Å². The van der Waals surface area contributed by atoms with E-state index < -0.39 is 10.0 Å². The van der Waals surface area contributed by atoms with Crippen molar-refractivity contribution in [3.63, 3.8) is 0 Å². The van der Waals surface area contributed by atoms with Gasteiger partial charge in [0.2, 0.25) is 10.0 Å². The number of carbonyl (C=O) groups is 1. The molecule has 10 heteroatoms. The van der Waals surface area contributed by atoms with Crippen LogP contribution in [0.1, 0.15) is 35.3 Å². The van der Waals surface area contributed by atoms with Crippen LogP contribution >= 0.6 is 11.8 Å². The molecule has 1 aromatic carbocycles. The van der Waals surface area contributed by atoms with Crippen molar-refractivity contribution in [2.75, 3.05) is 24.7 Å². The van der Waals surface area contributed by atoms with E-state index in [4.69, 9.17) is 4.42 Å². The largest absolute Gasteiger partial charge is 0.461 e. The molecule has 1 amide bonds. The second kappa shape index (κ2) is 9.43. The molecule has 3 heterocycles. The highest BCUT2D eigenvalue weighted by molar-refractivity contribution is 7.98. The van der Waals surface area contributed by atoms with Crippen molar-refractivity contribution in [2.24, 2.45) is 0 Å². The highest BCUT2D eigenvalue weighted by atomic mass is 32.2. The fourth-order valence-electron chi connectivity index (χ4n) is 3.63. The fraction of sp³-hybridized carbons (Fsp3) is 0.318. The van der Waals surface area contributed by atoms with Gasteiger partial charge in [-0.2, -0.15) is 4.31 Å². The third-order valence-electron chi connectivity index (χ3n) is 5.28. The van der Waals surface area contributed by atoms with Crippen molar-refractivity contribution in [3.05, 3.63) is 53.9 Å². The molecule has 168 valence electrons. The molecule has 1 saturated heterocycles. The maximum atomic E-state index is 13.0. The summed E-state index contributed by atoms with van der Waals surface area (Å²) in [6, 6.07) is 9.76. The van der Waals surface area contributed by atoms with E-state index in [9.17, 15) is 13.2 Å². The first kappa shape index (κ1) is 22.5. The highest BCUT2D eigenvalue weighted by Gasteiger charge is 2.26. The molecule has 1 fully saturated rings. The van der Waals surface area contributed by atoms with E-state index in [2.05, 4.69) is 15.3 Å². The van der Waals surface area contributed by atoms with Gasteiger partial charge in [-0.05, 0) is 62.4 Å². The van der Waals surface area contributed by atoms with Crippen molar-refractivity contribution < 1.29 is 17.6 Å². The number of aromatic nitrogens is 2. The zero-order valence-electron chi connectivity index (χ0n) is 17.9. The van der Waals surface area contributed by atoms with Crippen LogP contribution in [0.2, 0.25) is 0 Å². The van der Waals surface area contributed by atoms with E-state index >= 15 is 0 Å². The predicted molar refractivity (Wildman–Crippen MR) is 123 cm³/mol. The van der Waals surface area contributed by atoms with Crippen molar-refractivity contribution in [3.8, 4) is 11.6 Å². The number of anilines is 1. The average molecular weight is 473 g/mol. The van der Waals surface area contributed by atoms with E-state index in [-0.39, 0.29) is 10.8 Å². The molecule has 0 radical (unpaired) electrons. The Labute approximate surface area is 191 Å². The van der Waals surface area contributed by atoms with Crippen LogP contribution in [0.5, 0.6) is 0 Å². The second-order valence-corrected chi connectivity index (χ2v) is 10.2. The summed E-state index contributed by atoms with van der Waals surface area (Å²) in [6.07, 6.45) is 6.20. The molecule has 1 aliphatic rings. The number of sulfonamides is 1. The summed E-state index contributed by atoms with van der Waals surface area (Å²) in [5.74, 6) is 0.589. The number of amides is 1. The van der Waals surface area contributed by atoms with E-state index in [0.717, 1.165) is 19.3 Å². The summed E-state index contributed by atoms with van der Waals surface area (Å²) in [5.41, 5.74) is 1.39. The lowest BCUT2D eigenvalue weighted by Gasteiger charge is -2.25. The molecule has 8 nitrogen and oxygen atoms in total. The van der Waals surface area contributed by atoms with Crippen molar-refractivity contribution in [2.45, 2.75) is 36.1 Å². The molecule has 2 aromatic heterocycles. The molecule has 0 atom stereocenters. The lowest BCUT2D eigenvalue weighted by molar-refractivity contribution is 0.102. The zero-order chi connectivity index (χ0) is 22.7. The monoisotopic (exact) mass is 472 g/mol. The van der Waals surface area contributed by atoms with Gasteiger partial charge in [-0.3, -0.25) is 4.79 Å². The van der Waals surface area contributed by atoms with Gasteiger partial charge in [0, 0.05) is 18.8 Å². The van der Waals surface area contributed by atoms with Crippen molar-refractivity contribution in [1.82, 2.24) is 14.3 Å². The van der Waals surface area contributed by atoms with Gasteiger partial charge in [-0.15, -0.1) is 11.8 Å². The number of aryl methyl sites for hydroxylation is 1. The summed E-state index contributed by atoms with van der Waals surface area (Å²) >= 11 is 1.34. The standard InChI is InChI=1S/C22H24N4O4S2/c1-15-19(22(31-2)25-20(23-15)18-7-6-14-30-18)21(27)24-16-8-10-17(11-9-16)32(28,29)26-12-4-3-5-13-26/h6-11,14H,3-5,12-13H2,1-2H3,(H,24,27). The Bertz CT molecular complexity index is 1200. The Morgan fingerprint density at radius 3 is 2.44 bits per heavy atom. The third kappa shape index (κ3) is 4.57. The van der Waals surface area contributed by atoms with Crippen molar-refractivity contribution in [1.29, 1.82) is 0 Å². The van der Waals surface area contributed by atoms with E-state index in [1.807, 2.05) is 6.26 Å². The number of piperidine rings is 1. The summed E-state index contributed by atoms with van der Waals surface area (Å²) in [4.78, 5) is 22.1. The van der Waals surface area contributed by atoms with Crippen LogP contribution in [-0.4, -0.2) is 47.9 Å². The minimum atomic E-state index is -3.51. The molecule has 0 spiro atoms. The lowest BCUT2D eigenvalue weighted by Crippen LogP contribution is -2.35. The third-order valence-corrected chi connectivity index (χ3v) is 7.88. The highest BCUT2D eigenvalue weighted by Crippen LogP contribution is 2.27. The maximum Gasteiger partial charge on any atom is 0.260 e. The number of nitrogens with zero attached hydrogens (tertiary/aromatic N) is 3. The van der Waals surface area contributed by atoms with Crippen LogP contribution in [0.15, 0.2) is 57.0 Å². The van der Waals surface area contributed by atoms with Gasteiger partial charge in [-0.25, -0.2) is 18.4 Å². The lowest BCUT2D eigenvalue weighted by atomic mass is 10.2. The SMILES string of the molecule is CSc1nc(-c2ccco2)nc(C)c1C(=O)Nc1ccc(S(=O)(=O)N2CCCCC2)cc1. The van der Waals surface area contributed by atoms with Gasteiger partial charge in [0.25, 0.3) is 5.91 Å². The Morgan fingerprint density at radius 1 is 1.09 bits per heavy atom. The van der Waals surface area contributed by atoms with Gasteiger partial charge in [0.15, 0.2) is 11.6 Å². The number of benzene rings is 1. The molecule has 1 aliphatic heterocycles. The number of hydrogen-bond acceptors (Lipinski definition) is 7. The topological polar surface area (TPSA) is 105 Å². The summed E-state index contributed by atoms with van der Waals surface area (Å²) < 4.78 is 32.5. The van der Waals surface area contributed by atoms with E-state index in [1.165, 1.54) is 28.2 Å². The first-order valence-corrected chi connectivity index (χ1v) is 12.9. The molecule has 1 N–H and O–H groups in total. The number of hydrogen-bond donors (Lipinski definition) is 1. The smallest absolute Gasteiger partial charge is 0.260 e. The van der Waals surface area contributed by atoms with E-state index in [0.29, 0.717) is 46.6 Å². The molecule has 0 unspecified atom stereocenters. The number of thioether (sulfide) groups is 1. The molecule has 32 heavy (non-hydrogen) atoms. The van der Waals surface area contributed by atoms with Crippen LogP contribution in [0.25, 0.3) is 11.6 Å². The van der Waals surface area contributed by atoms with Crippen LogP contribution < -0.4 is 5.32 Å². The molecular formula is C22H24N4O4S2. The molecule has 4 rings (SSSR count). The fourth-order valence-corrected chi connectivity index (χ4v) is 5.77. The van der Waals surface area contributed by atoms with Gasteiger partial charge in [0.1, 0.15) is 5.03 Å². The van der Waals surface area contributed by atoms with Gasteiger partial charge < -0.3 is 9.73 Å². The predicted octanol–water partition coefficient (Wildman–Crippen LogP) is 4.19. The van der Waals surface area contributed by atoms with Gasteiger partial charge in [-0.1, -0.05) is 6.42 Å². The number of nitrogens with one attached hydrogen (secondary N) is 1. The van der Waals surface area contributed by atoms with Gasteiger partial charge >= 0.3 is 0 Å². The summed E-state index contributed by atoms with van der Waals surface area (Å²) in [7, 11) is -3.51. The second-order valence-electron chi connectivity index (χ2n) is 7.44. The normalized spacial score (nSPS) is 14.9. The van der Waals surface area contributed by atoms with Crippen molar-refractivity contribution >= 4 is 33.4 Å². The Balaban J connectivity index is 1.54.